The van der Waals surface area contributed by atoms with Crippen LogP contribution in [0.2, 0.25) is 0 Å². The van der Waals surface area contributed by atoms with Crippen LogP contribution in [0, 0.1) is 0 Å². The molecule has 6 N–H and O–H groups in total. The third-order valence-electron chi connectivity index (χ3n) is 14.4. The third kappa shape index (κ3) is 31.0. The van der Waals surface area contributed by atoms with Gasteiger partial charge in [-0.2, -0.15) is 0 Å². The summed E-state index contributed by atoms with van der Waals surface area (Å²) in [6.45, 7) is 3.69. The molecule has 0 amide bonds. The molecule has 2 aliphatic rings. The molecule has 0 bridgehead atoms. The number of rotatable bonds is 46. The number of aliphatic hydroxyl groups excluding tert-OH is 6. The van der Waals surface area contributed by atoms with Crippen molar-refractivity contribution in [2.45, 2.75) is 332 Å². The van der Waals surface area contributed by atoms with E-state index >= 15 is 0 Å². The van der Waals surface area contributed by atoms with Gasteiger partial charge in [0, 0.05) is 12.8 Å². The van der Waals surface area contributed by atoms with Crippen molar-refractivity contribution >= 4 is 11.9 Å². The summed E-state index contributed by atoms with van der Waals surface area (Å²) in [5.41, 5.74) is 0. The fraction of sp³-hybridized carbons (Fsp3) is 0.964. The minimum absolute atomic E-state index is 0.195. The lowest BCUT2D eigenvalue weighted by atomic mass is 9.98. The molecule has 2 heterocycles. The number of carbonyl (C=O) groups is 2. The molecule has 13 heteroatoms. The van der Waals surface area contributed by atoms with Gasteiger partial charge in [-0.1, -0.05) is 245 Å². The quantitative estimate of drug-likeness (QED) is 0.0249. The Kier molecular flexibility index (Phi) is 39.7. The summed E-state index contributed by atoms with van der Waals surface area (Å²) < 4.78 is 27.7. The lowest BCUT2D eigenvalue weighted by Gasteiger charge is -2.44. The molecule has 2 saturated heterocycles. The minimum atomic E-state index is -1.80. The number of unbranched alkanes of at least 4 members (excludes halogenated alkanes) is 36. The molecule has 0 saturated carbocycles. The second kappa shape index (κ2) is 43.0. The number of ether oxygens (including phenoxy) is 5. The van der Waals surface area contributed by atoms with Crippen LogP contribution in [-0.2, 0) is 33.3 Å². The zero-order chi connectivity index (χ0) is 50.2. The Morgan fingerprint density at radius 3 is 0.768 bits per heavy atom. The van der Waals surface area contributed by atoms with Crippen LogP contribution in [0.5, 0.6) is 0 Å². The number of carbonyl (C=O) groups excluding carboxylic acids is 2. The van der Waals surface area contributed by atoms with E-state index in [-0.39, 0.29) is 12.8 Å². The van der Waals surface area contributed by atoms with Crippen molar-refractivity contribution in [1.29, 1.82) is 0 Å². The summed E-state index contributed by atoms with van der Waals surface area (Å²) in [6.07, 6.45) is 32.0. The van der Waals surface area contributed by atoms with Crippen molar-refractivity contribution < 1.29 is 63.9 Å². The van der Waals surface area contributed by atoms with Crippen molar-refractivity contribution in [1.82, 2.24) is 0 Å². The van der Waals surface area contributed by atoms with Gasteiger partial charge in [0.1, 0.15) is 62.0 Å². The summed E-state index contributed by atoms with van der Waals surface area (Å²) in [7, 11) is 0. The molecule has 0 aromatic carbocycles. The van der Waals surface area contributed by atoms with Gasteiger partial charge >= 0.3 is 11.9 Å². The zero-order valence-corrected chi connectivity index (χ0v) is 44.0. The standard InChI is InChI=1S/C56H106O13/c1-3-5-7-9-11-13-15-17-19-21-23-25-27-29-31-33-35-37-39-41-47(57)65-43-45-49(59)51(61)53(63)55(67-45)69-56-54(64)52(62)50(60)46(68-56)44-66-48(58)42-40-38-36-34-32-30-28-26-24-22-20-18-16-14-12-10-8-6-4-2/h45-46,49-56,59-64H,3-44H2,1-2H3/t45-,46-,49-,50-,51+,52+,53-,54-,55-,56-/m1/s1. The van der Waals surface area contributed by atoms with Crippen LogP contribution in [-0.4, -0.2) is 117 Å². The van der Waals surface area contributed by atoms with E-state index in [2.05, 4.69) is 13.8 Å². The normalized spacial score (nSPS) is 25.0. The van der Waals surface area contributed by atoms with Crippen LogP contribution in [0.3, 0.4) is 0 Å². The van der Waals surface area contributed by atoms with E-state index in [1.165, 1.54) is 193 Å². The van der Waals surface area contributed by atoms with E-state index < -0.39 is 86.6 Å². The van der Waals surface area contributed by atoms with E-state index in [1.807, 2.05) is 0 Å². The highest BCUT2D eigenvalue weighted by molar-refractivity contribution is 5.69. The SMILES string of the molecule is CCCCCCCCCCCCCCCCCCCCCC(=O)OC[C@H]1O[C@H](O[C@H]2O[C@H](COC(=O)CCCCCCCCCCCCCCCCCCCCC)[C@@H](O)[C@H](O)[C@H]2O)[C@H](O)[C@@H](O)[C@@H]1O. The Bertz CT molecular complexity index is 1100. The van der Waals surface area contributed by atoms with Crippen LogP contribution in [0.15, 0.2) is 0 Å². The van der Waals surface area contributed by atoms with Gasteiger partial charge in [0.15, 0.2) is 12.6 Å². The number of aliphatic hydroxyl groups is 6. The van der Waals surface area contributed by atoms with Gasteiger partial charge < -0.3 is 54.3 Å². The number of esters is 2. The third-order valence-corrected chi connectivity index (χ3v) is 14.4. The fourth-order valence-corrected chi connectivity index (χ4v) is 9.66. The summed E-state index contributed by atoms with van der Waals surface area (Å²) >= 11 is 0. The van der Waals surface area contributed by atoms with Crippen molar-refractivity contribution in [2.24, 2.45) is 0 Å². The second-order valence-electron chi connectivity index (χ2n) is 20.8. The van der Waals surface area contributed by atoms with Crippen molar-refractivity contribution in [3.8, 4) is 0 Å². The highest BCUT2D eigenvalue weighted by Crippen LogP contribution is 2.29. The van der Waals surface area contributed by atoms with E-state index in [1.54, 1.807) is 0 Å². The summed E-state index contributed by atoms with van der Waals surface area (Å²) in [4.78, 5) is 25.1. The summed E-state index contributed by atoms with van der Waals surface area (Å²) in [5, 5.41) is 63.7. The molecule has 10 atom stereocenters. The first-order valence-corrected chi connectivity index (χ1v) is 29.0. The summed E-state index contributed by atoms with van der Waals surface area (Å²) in [5.74, 6) is -0.960. The largest absolute Gasteiger partial charge is 0.463 e. The van der Waals surface area contributed by atoms with Crippen LogP contribution in [0.25, 0.3) is 0 Å². The molecule has 0 aromatic rings. The minimum Gasteiger partial charge on any atom is -0.463 e. The molecule has 2 rings (SSSR count). The molecule has 0 spiro atoms. The Labute approximate surface area is 419 Å². The molecule has 0 radical (unpaired) electrons. The first kappa shape index (κ1) is 63.7. The van der Waals surface area contributed by atoms with Gasteiger partial charge in [-0.25, -0.2) is 0 Å². The molecular formula is C56H106O13. The molecule has 13 nitrogen and oxygen atoms in total. The van der Waals surface area contributed by atoms with E-state index in [0.717, 1.165) is 38.5 Å². The Hall–Kier alpha value is -1.42. The predicted octanol–water partition coefficient (Wildman–Crippen LogP) is 11.3. The lowest BCUT2D eigenvalue weighted by Crippen LogP contribution is -2.64. The van der Waals surface area contributed by atoms with Gasteiger partial charge in [0.25, 0.3) is 0 Å². The van der Waals surface area contributed by atoms with Gasteiger partial charge in [0.05, 0.1) is 0 Å². The van der Waals surface area contributed by atoms with Crippen LogP contribution in [0.1, 0.15) is 271 Å². The van der Waals surface area contributed by atoms with E-state index in [9.17, 15) is 40.2 Å². The maximum atomic E-state index is 12.5. The van der Waals surface area contributed by atoms with Gasteiger partial charge in [-0.3, -0.25) is 9.59 Å². The van der Waals surface area contributed by atoms with Crippen LogP contribution in [0.4, 0.5) is 0 Å². The molecule has 2 fully saturated rings. The fourth-order valence-electron chi connectivity index (χ4n) is 9.66. The first-order valence-electron chi connectivity index (χ1n) is 29.0. The molecule has 0 aliphatic carbocycles. The Morgan fingerprint density at radius 1 is 0.319 bits per heavy atom. The first-order chi connectivity index (χ1) is 33.6. The molecule has 69 heavy (non-hydrogen) atoms. The maximum absolute atomic E-state index is 12.5. The molecule has 0 unspecified atom stereocenters. The van der Waals surface area contributed by atoms with Crippen molar-refractivity contribution in [3.05, 3.63) is 0 Å². The highest BCUT2D eigenvalue weighted by Gasteiger charge is 2.50. The monoisotopic (exact) mass is 987 g/mol. The van der Waals surface area contributed by atoms with Crippen molar-refractivity contribution in [2.75, 3.05) is 13.2 Å². The van der Waals surface area contributed by atoms with Crippen LogP contribution >= 0.6 is 0 Å². The zero-order valence-electron chi connectivity index (χ0n) is 44.0. The maximum Gasteiger partial charge on any atom is 0.305 e. The Balaban J connectivity index is 1.54. The summed E-state index contributed by atoms with van der Waals surface area (Å²) in [6, 6.07) is 0. The topological polar surface area (TPSA) is 202 Å². The molecule has 408 valence electrons. The smallest absolute Gasteiger partial charge is 0.305 e. The van der Waals surface area contributed by atoms with Gasteiger partial charge in [-0.15, -0.1) is 0 Å². The molecule has 0 aromatic heterocycles. The average Bonchev–Trinajstić information content (AvgIpc) is 3.34. The lowest BCUT2D eigenvalue weighted by molar-refractivity contribution is -0.376. The number of hydrogen-bond acceptors (Lipinski definition) is 13. The van der Waals surface area contributed by atoms with Gasteiger partial charge in [-0.05, 0) is 12.8 Å². The highest BCUT2D eigenvalue weighted by atomic mass is 16.8. The second-order valence-corrected chi connectivity index (χ2v) is 20.8. The average molecular weight is 987 g/mol. The predicted molar refractivity (Wildman–Crippen MR) is 272 cm³/mol. The van der Waals surface area contributed by atoms with E-state index in [4.69, 9.17) is 23.7 Å². The number of hydrogen-bond donors (Lipinski definition) is 6. The molecular weight excluding hydrogens is 881 g/mol. The molecule has 2 aliphatic heterocycles. The van der Waals surface area contributed by atoms with Crippen molar-refractivity contribution in [3.63, 3.8) is 0 Å². The van der Waals surface area contributed by atoms with E-state index in [0.29, 0.717) is 12.8 Å². The van der Waals surface area contributed by atoms with Gasteiger partial charge in [0.2, 0.25) is 0 Å². The van der Waals surface area contributed by atoms with Crippen LogP contribution < -0.4 is 0 Å². The Morgan fingerprint density at radius 2 is 0.536 bits per heavy atom.